The number of rotatable bonds is 2. The van der Waals surface area contributed by atoms with Gasteiger partial charge in [-0.2, -0.15) is 0 Å². The fraction of sp³-hybridized carbons (Fsp3) is 0.190. The number of aryl methyl sites for hydroxylation is 1. The average molecular weight is 347 g/mol. The number of para-hydroxylation sites is 1. The van der Waals surface area contributed by atoms with Gasteiger partial charge in [0.25, 0.3) is 0 Å². The summed E-state index contributed by atoms with van der Waals surface area (Å²) in [5, 5.41) is 4.22. The Hall–Kier alpha value is -2.59. The maximum Gasteiger partial charge on any atom is 0.174 e. The molecule has 3 aromatic rings. The highest BCUT2D eigenvalue weighted by Crippen LogP contribution is 2.33. The molecule has 3 nitrogen and oxygen atoms in total. The van der Waals surface area contributed by atoms with Crippen molar-refractivity contribution in [3.63, 3.8) is 0 Å². The van der Waals surface area contributed by atoms with Gasteiger partial charge in [-0.25, -0.2) is 0 Å². The van der Waals surface area contributed by atoms with Crippen molar-refractivity contribution in [2.24, 2.45) is 0 Å². The van der Waals surface area contributed by atoms with Gasteiger partial charge in [0.2, 0.25) is 0 Å². The maximum absolute atomic E-state index is 5.80. The molecular formula is C21H21N3S. The molecule has 1 aliphatic rings. The Morgan fingerprint density at radius 1 is 0.960 bits per heavy atom. The number of benzene rings is 2. The van der Waals surface area contributed by atoms with E-state index >= 15 is 0 Å². The summed E-state index contributed by atoms with van der Waals surface area (Å²) in [7, 11) is 0. The van der Waals surface area contributed by atoms with Crippen molar-refractivity contribution in [1.82, 2.24) is 9.47 Å². The van der Waals surface area contributed by atoms with E-state index in [9.17, 15) is 0 Å². The fourth-order valence-electron chi connectivity index (χ4n) is 3.49. The minimum atomic E-state index is 0.133. The first-order chi connectivity index (χ1) is 12.2. The molecule has 1 unspecified atom stereocenters. The van der Waals surface area contributed by atoms with Gasteiger partial charge in [0.05, 0.1) is 6.04 Å². The van der Waals surface area contributed by atoms with Gasteiger partial charge in [-0.15, -0.1) is 0 Å². The van der Waals surface area contributed by atoms with Gasteiger partial charge in [-0.1, -0.05) is 48.5 Å². The lowest BCUT2D eigenvalue weighted by molar-refractivity contribution is 0.293. The first-order valence-corrected chi connectivity index (χ1v) is 8.98. The van der Waals surface area contributed by atoms with E-state index in [4.69, 9.17) is 12.2 Å². The second-order valence-electron chi connectivity index (χ2n) is 6.38. The second kappa shape index (κ2) is 6.73. The van der Waals surface area contributed by atoms with E-state index < -0.39 is 0 Å². The van der Waals surface area contributed by atoms with Crippen molar-refractivity contribution < 1.29 is 0 Å². The number of aromatic nitrogens is 1. The quantitative estimate of drug-likeness (QED) is 0.684. The predicted molar refractivity (Wildman–Crippen MR) is 107 cm³/mol. The highest BCUT2D eigenvalue weighted by Gasteiger charge is 2.30. The highest BCUT2D eigenvalue weighted by atomic mass is 32.1. The molecule has 4 rings (SSSR count). The van der Waals surface area contributed by atoms with Gasteiger partial charge < -0.3 is 14.8 Å². The number of hydrogen-bond acceptors (Lipinski definition) is 1. The fourth-order valence-corrected chi connectivity index (χ4v) is 3.80. The zero-order valence-corrected chi connectivity index (χ0v) is 15.0. The van der Waals surface area contributed by atoms with Crippen LogP contribution in [0.25, 0.3) is 0 Å². The molecule has 1 atom stereocenters. The molecule has 126 valence electrons. The highest BCUT2D eigenvalue weighted by molar-refractivity contribution is 7.80. The monoisotopic (exact) mass is 347 g/mol. The summed E-state index contributed by atoms with van der Waals surface area (Å²) < 4.78 is 2.32. The van der Waals surface area contributed by atoms with Crippen molar-refractivity contribution in [3.05, 3.63) is 89.7 Å². The van der Waals surface area contributed by atoms with E-state index in [-0.39, 0.29) is 6.04 Å². The van der Waals surface area contributed by atoms with Crippen molar-refractivity contribution >= 4 is 23.0 Å². The lowest BCUT2D eigenvalue weighted by Gasteiger charge is -2.39. The van der Waals surface area contributed by atoms with Crippen LogP contribution < -0.4 is 5.32 Å². The van der Waals surface area contributed by atoms with Crippen LogP contribution >= 0.6 is 12.2 Å². The van der Waals surface area contributed by atoms with Crippen LogP contribution in [0.2, 0.25) is 0 Å². The van der Waals surface area contributed by atoms with Crippen molar-refractivity contribution in [2.45, 2.75) is 19.5 Å². The second-order valence-corrected chi connectivity index (χ2v) is 6.76. The SMILES string of the molecule is Cc1ccccc1NC(=S)N1CCn2cccc2C1c1ccccc1. The lowest BCUT2D eigenvalue weighted by atomic mass is 10.0. The number of fused-ring (bicyclic) bond motifs is 1. The third-order valence-corrected chi connectivity index (χ3v) is 5.14. The Morgan fingerprint density at radius 2 is 1.72 bits per heavy atom. The van der Waals surface area contributed by atoms with Gasteiger partial charge >= 0.3 is 0 Å². The van der Waals surface area contributed by atoms with Crippen LogP contribution in [0.15, 0.2) is 72.9 Å². The molecule has 1 aliphatic heterocycles. The van der Waals surface area contributed by atoms with E-state index in [1.165, 1.54) is 16.8 Å². The van der Waals surface area contributed by atoms with Crippen molar-refractivity contribution in [3.8, 4) is 0 Å². The molecule has 0 aliphatic carbocycles. The molecule has 0 radical (unpaired) electrons. The molecule has 0 spiro atoms. The van der Waals surface area contributed by atoms with Crippen LogP contribution in [-0.2, 0) is 6.54 Å². The average Bonchev–Trinajstić information content (AvgIpc) is 3.12. The van der Waals surface area contributed by atoms with Crippen LogP contribution in [0.1, 0.15) is 22.9 Å². The summed E-state index contributed by atoms with van der Waals surface area (Å²) in [6.45, 7) is 3.93. The zero-order valence-electron chi connectivity index (χ0n) is 14.2. The third-order valence-electron chi connectivity index (χ3n) is 4.80. The molecule has 0 fully saturated rings. The Kier molecular flexibility index (Phi) is 4.28. The van der Waals surface area contributed by atoms with Gasteiger partial charge in [0.1, 0.15) is 0 Å². The molecular weight excluding hydrogens is 326 g/mol. The van der Waals surface area contributed by atoms with Crippen molar-refractivity contribution in [1.29, 1.82) is 0 Å². The number of thiocarbonyl (C=S) groups is 1. The summed E-state index contributed by atoms with van der Waals surface area (Å²) in [5.41, 5.74) is 4.81. The molecule has 1 aromatic heterocycles. The molecule has 25 heavy (non-hydrogen) atoms. The Bertz CT molecular complexity index is 885. The van der Waals surface area contributed by atoms with Gasteiger partial charge in [0, 0.05) is 30.7 Å². The van der Waals surface area contributed by atoms with Gasteiger partial charge in [0.15, 0.2) is 5.11 Å². The molecule has 2 heterocycles. The van der Waals surface area contributed by atoms with Gasteiger partial charge in [-0.3, -0.25) is 0 Å². The topological polar surface area (TPSA) is 20.2 Å². The minimum absolute atomic E-state index is 0.133. The van der Waals surface area contributed by atoms with E-state index in [2.05, 4.69) is 82.5 Å². The Morgan fingerprint density at radius 3 is 2.52 bits per heavy atom. The smallest absolute Gasteiger partial charge is 0.174 e. The summed E-state index contributed by atoms with van der Waals surface area (Å²) in [5.74, 6) is 0. The third kappa shape index (κ3) is 3.05. The van der Waals surface area contributed by atoms with Crippen LogP contribution in [-0.4, -0.2) is 21.1 Å². The first-order valence-electron chi connectivity index (χ1n) is 8.57. The standard InChI is InChI=1S/C21H21N3S/c1-16-8-5-6-11-18(16)22-21(25)24-15-14-23-13-7-12-19(23)20(24)17-9-3-2-4-10-17/h2-13,20H,14-15H2,1H3,(H,22,25). The molecule has 0 amide bonds. The predicted octanol–water partition coefficient (Wildman–Crippen LogP) is 4.60. The van der Waals surface area contributed by atoms with E-state index in [1.54, 1.807) is 0 Å². The molecule has 2 aromatic carbocycles. The number of anilines is 1. The van der Waals surface area contributed by atoms with Crippen LogP contribution in [0.5, 0.6) is 0 Å². The lowest BCUT2D eigenvalue weighted by Crippen LogP contribution is -2.44. The van der Waals surface area contributed by atoms with Gasteiger partial charge in [-0.05, 0) is 48.5 Å². The van der Waals surface area contributed by atoms with Crippen LogP contribution in [0, 0.1) is 6.92 Å². The Labute approximate surface area is 153 Å². The van der Waals surface area contributed by atoms with E-state index in [0.717, 1.165) is 23.9 Å². The number of nitrogens with zero attached hydrogens (tertiary/aromatic N) is 2. The summed E-state index contributed by atoms with van der Waals surface area (Å²) >= 11 is 5.80. The zero-order chi connectivity index (χ0) is 17.2. The normalized spacial score (nSPS) is 16.4. The molecule has 0 saturated heterocycles. The molecule has 4 heteroatoms. The minimum Gasteiger partial charge on any atom is -0.348 e. The summed E-state index contributed by atoms with van der Waals surface area (Å²) in [6, 6.07) is 23.3. The maximum atomic E-state index is 5.80. The summed E-state index contributed by atoms with van der Waals surface area (Å²) in [6.07, 6.45) is 2.15. The van der Waals surface area contributed by atoms with Crippen LogP contribution in [0.3, 0.4) is 0 Å². The van der Waals surface area contributed by atoms with E-state index in [0.29, 0.717) is 0 Å². The van der Waals surface area contributed by atoms with E-state index in [1.807, 2.05) is 12.1 Å². The molecule has 1 N–H and O–H groups in total. The van der Waals surface area contributed by atoms with Crippen LogP contribution in [0.4, 0.5) is 5.69 Å². The number of hydrogen-bond donors (Lipinski definition) is 1. The molecule has 0 saturated carbocycles. The first kappa shape index (κ1) is 15.9. The largest absolute Gasteiger partial charge is 0.348 e. The number of nitrogens with one attached hydrogen (secondary N) is 1. The Balaban J connectivity index is 1.68. The van der Waals surface area contributed by atoms with Crippen molar-refractivity contribution in [2.75, 3.05) is 11.9 Å². The summed E-state index contributed by atoms with van der Waals surface area (Å²) in [4.78, 5) is 2.30. The molecule has 0 bridgehead atoms.